The molecule has 1 saturated heterocycles. The molecule has 0 amide bonds. The van der Waals surface area contributed by atoms with Crippen molar-refractivity contribution in [1.82, 2.24) is 19.5 Å². The number of rotatable bonds is 4. The molecule has 26 heavy (non-hydrogen) atoms. The van der Waals surface area contributed by atoms with Gasteiger partial charge in [0.05, 0.1) is 5.52 Å². The smallest absolute Gasteiger partial charge is 0.228 e. The minimum absolute atomic E-state index is 0.184. The van der Waals surface area contributed by atoms with Crippen molar-refractivity contribution in [3.8, 4) is 17.0 Å². The van der Waals surface area contributed by atoms with Crippen molar-refractivity contribution in [2.75, 3.05) is 25.0 Å². The van der Waals surface area contributed by atoms with E-state index in [1.165, 1.54) is 13.0 Å². The molecule has 0 unspecified atom stereocenters. The summed E-state index contributed by atoms with van der Waals surface area (Å²) in [7, 11) is 0. The molecule has 6 nitrogen and oxygen atoms in total. The molecule has 136 valence electrons. The molecule has 7 heteroatoms. The average Bonchev–Trinajstić information content (AvgIpc) is 3.13. The average molecular weight is 416 g/mol. The second-order valence-corrected chi connectivity index (χ2v) is 7.59. The number of likely N-dealkylation sites (tertiary alicyclic amines) is 1. The van der Waals surface area contributed by atoms with Crippen molar-refractivity contribution in [3.63, 3.8) is 0 Å². The molecule has 1 aliphatic rings. The Kier molecular flexibility index (Phi) is 4.82. The van der Waals surface area contributed by atoms with E-state index in [0.717, 1.165) is 35.4 Å². The maximum Gasteiger partial charge on any atom is 0.228 e. The molecule has 1 atom stereocenters. The first-order valence-electron chi connectivity index (χ1n) is 8.97. The fourth-order valence-corrected chi connectivity index (χ4v) is 3.94. The van der Waals surface area contributed by atoms with Crippen molar-refractivity contribution >= 4 is 27.4 Å². The Morgan fingerprint density at radius 1 is 1.31 bits per heavy atom. The number of hydrogen-bond acceptors (Lipinski definition) is 5. The summed E-state index contributed by atoms with van der Waals surface area (Å²) < 4.78 is 2.84. The number of nitrogens with one attached hydrogen (secondary N) is 1. The van der Waals surface area contributed by atoms with Crippen LogP contribution in [0.15, 0.2) is 41.0 Å². The highest BCUT2D eigenvalue weighted by atomic mass is 79.9. The van der Waals surface area contributed by atoms with Gasteiger partial charge in [-0.1, -0.05) is 22.9 Å². The number of likely N-dealkylation sites (N-methyl/N-ethyl adjacent to an activating group) is 1. The largest absolute Gasteiger partial charge is 0.507 e. The highest BCUT2D eigenvalue weighted by Gasteiger charge is 2.21. The molecule has 0 spiro atoms. The molecular formula is C19H22BrN5O. The number of piperidine rings is 1. The topological polar surface area (TPSA) is 65.7 Å². The molecule has 2 aromatic heterocycles. The Balaban J connectivity index is 1.68. The van der Waals surface area contributed by atoms with Crippen molar-refractivity contribution in [3.05, 3.63) is 41.0 Å². The number of nitrogens with zero attached hydrogens (tertiary/aromatic N) is 4. The van der Waals surface area contributed by atoms with Crippen LogP contribution in [0.1, 0.15) is 19.8 Å². The van der Waals surface area contributed by atoms with Crippen LogP contribution in [0.4, 0.5) is 5.95 Å². The summed E-state index contributed by atoms with van der Waals surface area (Å²) in [5.41, 5.74) is 2.26. The second-order valence-electron chi connectivity index (χ2n) is 6.67. The molecule has 1 aliphatic heterocycles. The standard InChI is InChI=1S/C19H22BrN5O/c1-2-24-9-3-5-14(12-24)21-19-23-22-18(16-6-4-10-25(16)19)15-8-7-13(20)11-17(15)26/h4,6-8,10-11,14,26H,2-3,5,9,12H2,1H3,(H,21,23)/t14-/m1/s1. The van der Waals surface area contributed by atoms with Crippen LogP contribution in [0.3, 0.4) is 0 Å². The molecule has 0 radical (unpaired) electrons. The SMILES string of the molecule is CCN1CCC[C@@H](Nc2nnc(-c3ccc(Br)cc3O)c3cccn23)C1. The molecule has 3 heterocycles. The number of halogens is 1. The number of aromatic hydroxyl groups is 1. The third-order valence-electron chi connectivity index (χ3n) is 4.97. The zero-order valence-electron chi connectivity index (χ0n) is 14.7. The number of anilines is 1. The van der Waals surface area contributed by atoms with Crippen LogP contribution < -0.4 is 5.32 Å². The van der Waals surface area contributed by atoms with Gasteiger partial charge in [0.2, 0.25) is 5.95 Å². The van der Waals surface area contributed by atoms with Crippen molar-refractivity contribution in [2.45, 2.75) is 25.8 Å². The summed E-state index contributed by atoms with van der Waals surface area (Å²) >= 11 is 3.37. The monoisotopic (exact) mass is 415 g/mol. The lowest BCUT2D eigenvalue weighted by Gasteiger charge is -2.32. The summed E-state index contributed by atoms with van der Waals surface area (Å²) in [6, 6.07) is 9.76. The van der Waals surface area contributed by atoms with E-state index in [2.05, 4.69) is 43.3 Å². The molecule has 0 saturated carbocycles. The van der Waals surface area contributed by atoms with Gasteiger partial charge in [-0.15, -0.1) is 10.2 Å². The van der Waals surface area contributed by atoms with Gasteiger partial charge >= 0.3 is 0 Å². The van der Waals surface area contributed by atoms with Crippen LogP contribution in [0.2, 0.25) is 0 Å². The third kappa shape index (κ3) is 3.29. The Morgan fingerprint density at radius 3 is 3.00 bits per heavy atom. The van der Waals surface area contributed by atoms with Gasteiger partial charge < -0.3 is 15.3 Å². The molecular weight excluding hydrogens is 394 g/mol. The Bertz CT molecular complexity index is 925. The minimum atomic E-state index is 0.184. The van der Waals surface area contributed by atoms with E-state index in [1.807, 2.05) is 34.9 Å². The van der Waals surface area contributed by atoms with Gasteiger partial charge in [-0.25, -0.2) is 0 Å². The number of phenolic OH excluding ortho intramolecular Hbond substituents is 1. The summed E-state index contributed by atoms with van der Waals surface area (Å²) in [4.78, 5) is 2.45. The van der Waals surface area contributed by atoms with E-state index in [-0.39, 0.29) is 5.75 Å². The van der Waals surface area contributed by atoms with Crippen molar-refractivity contribution in [1.29, 1.82) is 0 Å². The van der Waals surface area contributed by atoms with Crippen LogP contribution >= 0.6 is 15.9 Å². The van der Waals surface area contributed by atoms with Crippen LogP contribution in [-0.4, -0.2) is 50.3 Å². The first kappa shape index (κ1) is 17.3. The van der Waals surface area contributed by atoms with E-state index in [0.29, 0.717) is 17.3 Å². The summed E-state index contributed by atoms with van der Waals surface area (Å²) in [5, 5.41) is 22.7. The van der Waals surface area contributed by atoms with Gasteiger partial charge in [0.1, 0.15) is 11.4 Å². The van der Waals surface area contributed by atoms with Crippen LogP contribution in [0, 0.1) is 0 Å². The normalized spacial score (nSPS) is 18.3. The molecule has 0 aliphatic carbocycles. The number of fused-ring (bicyclic) bond motifs is 1. The molecule has 1 fully saturated rings. The van der Waals surface area contributed by atoms with Crippen molar-refractivity contribution in [2.24, 2.45) is 0 Å². The number of benzene rings is 1. The maximum absolute atomic E-state index is 10.3. The van der Waals surface area contributed by atoms with E-state index in [4.69, 9.17) is 0 Å². The first-order valence-corrected chi connectivity index (χ1v) is 9.76. The Morgan fingerprint density at radius 2 is 2.19 bits per heavy atom. The van der Waals surface area contributed by atoms with Gasteiger partial charge in [-0.3, -0.25) is 4.40 Å². The summed E-state index contributed by atoms with van der Waals surface area (Å²) in [6.45, 7) is 5.47. The lowest BCUT2D eigenvalue weighted by atomic mass is 10.1. The zero-order chi connectivity index (χ0) is 18.1. The zero-order valence-corrected chi connectivity index (χ0v) is 16.3. The molecule has 3 aromatic rings. The maximum atomic E-state index is 10.3. The van der Waals surface area contributed by atoms with E-state index >= 15 is 0 Å². The van der Waals surface area contributed by atoms with Gasteiger partial charge in [0.25, 0.3) is 0 Å². The lowest BCUT2D eigenvalue weighted by molar-refractivity contribution is 0.226. The quantitative estimate of drug-likeness (QED) is 0.678. The highest BCUT2D eigenvalue weighted by molar-refractivity contribution is 9.10. The fourth-order valence-electron chi connectivity index (χ4n) is 3.59. The highest BCUT2D eigenvalue weighted by Crippen LogP contribution is 2.33. The number of phenols is 1. The summed E-state index contributed by atoms with van der Waals surface area (Å²) in [6.07, 6.45) is 4.31. The van der Waals surface area contributed by atoms with E-state index < -0.39 is 0 Å². The third-order valence-corrected chi connectivity index (χ3v) is 5.46. The predicted molar refractivity (Wildman–Crippen MR) is 107 cm³/mol. The summed E-state index contributed by atoms with van der Waals surface area (Å²) in [5.74, 6) is 0.927. The van der Waals surface area contributed by atoms with Crippen LogP contribution in [-0.2, 0) is 0 Å². The van der Waals surface area contributed by atoms with Gasteiger partial charge in [0.15, 0.2) is 0 Å². The van der Waals surface area contributed by atoms with Crippen LogP contribution in [0.5, 0.6) is 5.75 Å². The predicted octanol–water partition coefficient (Wildman–Crippen LogP) is 3.76. The van der Waals surface area contributed by atoms with Gasteiger partial charge in [0, 0.05) is 28.8 Å². The lowest BCUT2D eigenvalue weighted by Crippen LogP contribution is -2.42. The van der Waals surface area contributed by atoms with Gasteiger partial charge in [-0.05, 0) is 56.3 Å². The number of aromatic nitrogens is 3. The van der Waals surface area contributed by atoms with Crippen molar-refractivity contribution < 1.29 is 5.11 Å². The Hall–Kier alpha value is -2.12. The fraction of sp³-hybridized carbons (Fsp3) is 0.368. The first-order chi connectivity index (χ1) is 12.7. The van der Waals surface area contributed by atoms with Crippen LogP contribution in [0.25, 0.3) is 16.8 Å². The van der Waals surface area contributed by atoms with E-state index in [1.54, 1.807) is 6.07 Å². The molecule has 2 N–H and O–H groups in total. The minimum Gasteiger partial charge on any atom is -0.507 e. The number of hydrogen-bond donors (Lipinski definition) is 2. The molecule has 1 aromatic carbocycles. The second kappa shape index (κ2) is 7.25. The van der Waals surface area contributed by atoms with Gasteiger partial charge in [-0.2, -0.15) is 0 Å². The van der Waals surface area contributed by atoms with E-state index in [9.17, 15) is 5.11 Å². The Labute approximate surface area is 161 Å². The molecule has 4 rings (SSSR count). The molecule has 0 bridgehead atoms.